The summed E-state index contributed by atoms with van der Waals surface area (Å²) in [6, 6.07) is 18.7. The molecule has 3 aromatic rings. The van der Waals surface area contributed by atoms with E-state index in [1.54, 1.807) is 30.3 Å². The van der Waals surface area contributed by atoms with E-state index < -0.39 is 0 Å². The fourth-order valence-corrected chi connectivity index (χ4v) is 2.23. The SMILES string of the molecule is Cc1ccccc1-c1noc(/C(C#N)=C\c2ccc(C#N)cc2)n1. The van der Waals surface area contributed by atoms with E-state index in [1.165, 1.54) is 0 Å². The second kappa shape index (κ2) is 6.60. The van der Waals surface area contributed by atoms with Gasteiger partial charge in [0.1, 0.15) is 11.6 Å². The Balaban J connectivity index is 1.95. The quantitative estimate of drug-likeness (QED) is 0.683. The highest BCUT2D eigenvalue weighted by molar-refractivity contribution is 5.86. The molecule has 24 heavy (non-hydrogen) atoms. The molecule has 0 unspecified atom stereocenters. The van der Waals surface area contributed by atoms with Gasteiger partial charge in [-0.25, -0.2) is 0 Å². The summed E-state index contributed by atoms with van der Waals surface area (Å²) in [4.78, 5) is 4.32. The molecule has 1 heterocycles. The number of hydrogen-bond acceptors (Lipinski definition) is 5. The van der Waals surface area contributed by atoms with Crippen molar-refractivity contribution in [2.24, 2.45) is 0 Å². The largest absolute Gasteiger partial charge is 0.333 e. The maximum absolute atomic E-state index is 9.38. The number of allylic oxidation sites excluding steroid dienone is 1. The molecule has 0 fully saturated rings. The summed E-state index contributed by atoms with van der Waals surface area (Å²) >= 11 is 0. The maximum Gasteiger partial charge on any atom is 0.268 e. The first-order chi connectivity index (χ1) is 11.7. The Labute approximate surface area is 139 Å². The Bertz CT molecular complexity index is 985. The Hall–Kier alpha value is -3.70. The molecule has 0 aliphatic carbocycles. The summed E-state index contributed by atoms with van der Waals surface area (Å²) in [6.45, 7) is 1.96. The molecular weight excluding hydrogens is 300 g/mol. The van der Waals surface area contributed by atoms with Gasteiger partial charge < -0.3 is 4.52 Å². The molecule has 0 radical (unpaired) electrons. The molecule has 1 aromatic heterocycles. The highest BCUT2D eigenvalue weighted by atomic mass is 16.5. The zero-order valence-electron chi connectivity index (χ0n) is 12.9. The van der Waals surface area contributed by atoms with E-state index in [2.05, 4.69) is 22.3 Å². The normalized spacial score (nSPS) is 10.9. The van der Waals surface area contributed by atoms with Crippen molar-refractivity contribution in [1.29, 1.82) is 10.5 Å². The fourth-order valence-electron chi connectivity index (χ4n) is 2.23. The standard InChI is InChI=1S/C19H12N4O/c1-13-4-2-3-5-17(13)18-22-19(24-23-18)16(12-21)10-14-6-8-15(11-20)9-7-14/h2-10H,1H3/b16-10-. The van der Waals surface area contributed by atoms with Crippen LogP contribution in [-0.4, -0.2) is 10.1 Å². The number of benzene rings is 2. The predicted molar refractivity (Wildman–Crippen MR) is 89.1 cm³/mol. The topological polar surface area (TPSA) is 86.5 Å². The summed E-state index contributed by atoms with van der Waals surface area (Å²) in [5, 5.41) is 22.2. The van der Waals surface area contributed by atoms with Crippen LogP contribution in [-0.2, 0) is 0 Å². The van der Waals surface area contributed by atoms with Gasteiger partial charge in [0.15, 0.2) is 0 Å². The molecule has 0 aliphatic heterocycles. The van der Waals surface area contributed by atoms with Crippen LogP contribution < -0.4 is 0 Å². The predicted octanol–water partition coefficient (Wildman–Crippen LogP) is 3.98. The van der Waals surface area contributed by atoms with Crippen LogP contribution in [0, 0.1) is 29.6 Å². The lowest BCUT2D eigenvalue weighted by atomic mass is 10.1. The van der Waals surface area contributed by atoms with Crippen molar-refractivity contribution in [1.82, 2.24) is 10.1 Å². The zero-order chi connectivity index (χ0) is 16.9. The molecular formula is C19H12N4O. The van der Waals surface area contributed by atoms with Crippen molar-refractivity contribution in [3.63, 3.8) is 0 Å². The maximum atomic E-state index is 9.38. The van der Waals surface area contributed by atoms with Gasteiger partial charge >= 0.3 is 0 Å². The van der Waals surface area contributed by atoms with Crippen LogP contribution in [0.25, 0.3) is 23.0 Å². The van der Waals surface area contributed by atoms with E-state index in [0.717, 1.165) is 16.7 Å². The minimum atomic E-state index is 0.167. The number of aromatic nitrogens is 2. The number of rotatable bonds is 3. The highest BCUT2D eigenvalue weighted by Crippen LogP contribution is 2.23. The molecule has 0 atom stereocenters. The summed E-state index contributed by atoms with van der Waals surface area (Å²) < 4.78 is 5.24. The van der Waals surface area contributed by atoms with Crippen LogP contribution in [0.2, 0.25) is 0 Å². The fraction of sp³-hybridized carbons (Fsp3) is 0.0526. The molecule has 0 N–H and O–H groups in total. The Kier molecular flexibility index (Phi) is 4.18. The lowest BCUT2D eigenvalue weighted by Gasteiger charge is -1.98. The van der Waals surface area contributed by atoms with E-state index in [9.17, 15) is 5.26 Å². The van der Waals surface area contributed by atoms with Gasteiger partial charge in [0.2, 0.25) is 5.82 Å². The molecule has 0 amide bonds. The summed E-state index contributed by atoms with van der Waals surface area (Å²) in [5.74, 6) is 0.615. The monoisotopic (exact) mass is 312 g/mol. The van der Waals surface area contributed by atoms with E-state index in [4.69, 9.17) is 9.78 Å². The van der Waals surface area contributed by atoms with Crippen molar-refractivity contribution >= 4 is 11.6 Å². The van der Waals surface area contributed by atoms with Gasteiger partial charge in [-0.2, -0.15) is 15.5 Å². The minimum Gasteiger partial charge on any atom is -0.333 e. The Morgan fingerprint density at radius 3 is 2.50 bits per heavy atom. The van der Waals surface area contributed by atoms with Crippen LogP contribution in [0.3, 0.4) is 0 Å². The van der Waals surface area contributed by atoms with Gasteiger partial charge in [-0.15, -0.1) is 0 Å². The van der Waals surface area contributed by atoms with Crippen LogP contribution in [0.15, 0.2) is 53.1 Å². The number of nitrogens with zero attached hydrogens (tertiary/aromatic N) is 4. The van der Waals surface area contributed by atoms with Gasteiger partial charge in [-0.3, -0.25) is 0 Å². The molecule has 114 valence electrons. The zero-order valence-corrected chi connectivity index (χ0v) is 12.9. The van der Waals surface area contributed by atoms with Gasteiger partial charge in [-0.05, 0) is 36.3 Å². The van der Waals surface area contributed by atoms with Gasteiger partial charge in [-0.1, -0.05) is 41.6 Å². The molecule has 2 aromatic carbocycles. The van der Waals surface area contributed by atoms with E-state index in [0.29, 0.717) is 11.4 Å². The molecule has 0 aliphatic rings. The summed E-state index contributed by atoms with van der Waals surface area (Å²) in [5.41, 5.74) is 3.50. The van der Waals surface area contributed by atoms with Crippen LogP contribution >= 0.6 is 0 Å². The molecule has 0 saturated carbocycles. The van der Waals surface area contributed by atoms with Crippen LogP contribution in [0.5, 0.6) is 0 Å². The first kappa shape index (κ1) is 15.2. The third kappa shape index (κ3) is 3.06. The van der Waals surface area contributed by atoms with Gasteiger partial charge in [0.05, 0.1) is 11.6 Å². The average Bonchev–Trinajstić information content (AvgIpc) is 3.10. The van der Waals surface area contributed by atoms with Gasteiger partial charge in [0, 0.05) is 5.56 Å². The Morgan fingerprint density at radius 1 is 1.08 bits per heavy atom. The minimum absolute atomic E-state index is 0.167. The smallest absolute Gasteiger partial charge is 0.268 e. The van der Waals surface area contributed by atoms with Crippen molar-refractivity contribution < 1.29 is 4.52 Å². The van der Waals surface area contributed by atoms with Crippen molar-refractivity contribution in [2.45, 2.75) is 6.92 Å². The van der Waals surface area contributed by atoms with E-state index >= 15 is 0 Å². The molecule has 0 spiro atoms. The lowest BCUT2D eigenvalue weighted by Crippen LogP contribution is -1.86. The molecule has 0 saturated heterocycles. The van der Waals surface area contributed by atoms with Gasteiger partial charge in [0.25, 0.3) is 5.89 Å². The average molecular weight is 312 g/mol. The lowest BCUT2D eigenvalue weighted by molar-refractivity contribution is 0.409. The number of nitriles is 2. The molecule has 3 rings (SSSR count). The number of hydrogen-bond donors (Lipinski definition) is 0. The van der Waals surface area contributed by atoms with Crippen molar-refractivity contribution in [3.05, 3.63) is 71.1 Å². The first-order valence-corrected chi connectivity index (χ1v) is 7.23. The third-order valence-corrected chi connectivity index (χ3v) is 3.51. The highest BCUT2D eigenvalue weighted by Gasteiger charge is 2.14. The van der Waals surface area contributed by atoms with Crippen LogP contribution in [0.1, 0.15) is 22.6 Å². The second-order valence-corrected chi connectivity index (χ2v) is 5.14. The molecule has 0 bridgehead atoms. The Morgan fingerprint density at radius 2 is 1.83 bits per heavy atom. The molecule has 5 heteroatoms. The van der Waals surface area contributed by atoms with E-state index in [-0.39, 0.29) is 11.5 Å². The first-order valence-electron chi connectivity index (χ1n) is 7.23. The second-order valence-electron chi connectivity index (χ2n) is 5.14. The van der Waals surface area contributed by atoms with Crippen molar-refractivity contribution in [3.8, 4) is 23.5 Å². The van der Waals surface area contributed by atoms with Crippen LogP contribution in [0.4, 0.5) is 0 Å². The summed E-state index contributed by atoms with van der Waals surface area (Å²) in [7, 11) is 0. The molecule has 5 nitrogen and oxygen atoms in total. The van der Waals surface area contributed by atoms with E-state index in [1.807, 2.05) is 31.2 Å². The summed E-state index contributed by atoms with van der Waals surface area (Å²) in [6.07, 6.45) is 1.65. The third-order valence-electron chi connectivity index (χ3n) is 3.51. The van der Waals surface area contributed by atoms with Crippen molar-refractivity contribution in [2.75, 3.05) is 0 Å². The number of aryl methyl sites for hydroxylation is 1.